The first-order chi connectivity index (χ1) is 12.5. The first kappa shape index (κ1) is 17.7. The van der Waals surface area contributed by atoms with Gasteiger partial charge in [0, 0.05) is 30.7 Å². The summed E-state index contributed by atoms with van der Waals surface area (Å²) in [5.74, 6) is -0.143. The van der Waals surface area contributed by atoms with Crippen LogP contribution in [0.2, 0.25) is 0 Å². The molecule has 0 atom stereocenters. The lowest BCUT2D eigenvalue weighted by Gasteiger charge is -2.14. The number of carbonyl (C=O) groups excluding carboxylic acids is 1. The highest BCUT2D eigenvalue weighted by atomic mass is 16.1. The van der Waals surface area contributed by atoms with Crippen LogP contribution in [0.5, 0.6) is 0 Å². The van der Waals surface area contributed by atoms with Crippen LogP contribution in [0.4, 0.5) is 0 Å². The van der Waals surface area contributed by atoms with Gasteiger partial charge in [-0.1, -0.05) is 38.1 Å². The fraction of sp³-hybridized carbons (Fsp3) is 0.250. The van der Waals surface area contributed by atoms with E-state index in [4.69, 9.17) is 0 Å². The fourth-order valence-electron chi connectivity index (χ4n) is 2.87. The number of nitrogens with zero attached hydrogens (tertiary/aromatic N) is 2. The fourth-order valence-corrected chi connectivity index (χ4v) is 2.87. The van der Waals surface area contributed by atoms with Crippen LogP contribution in [0.25, 0.3) is 0 Å². The van der Waals surface area contributed by atoms with E-state index in [0.717, 1.165) is 11.1 Å². The van der Waals surface area contributed by atoms with Gasteiger partial charge in [-0.25, -0.2) is 0 Å². The molecule has 3 aromatic rings. The maximum absolute atomic E-state index is 12.6. The molecule has 2 aromatic heterocycles. The lowest BCUT2D eigenvalue weighted by molar-refractivity contribution is 0.0949. The number of amides is 1. The Balaban J connectivity index is 1.76. The standard InChI is InChI=1S/C20H22N4O2/c1-14(2)19-17(8-9-18(25)23-19)20(26)21-12-15-6-3-4-7-16(15)13-24-11-5-10-22-24/h3-11,14H,12-13H2,1-2H3,(H,21,26)(H,23,25). The number of benzene rings is 1. The predicted octanol–water partition coefficient (Wildman–Crippen LogP) is 2.67. The van der Waals surface area contributed by atoms with E-state index in [-0.39, 0.29) is 17.4 Å². The summed E-state index contributed by atoms with van der Waals surface area (Å²) < 4.78 is 1.85. The van der Waals surface area contributed by atoms with Gasteiger partial charge in [0.25, 0.3) is 5.91 Å². The van der Waals surface area contributed by atoms with Crippen molar-refractivity contribution in [2.75, 3.05) is 0 Å². The smallest absolute Gasteiger partial charge is 0.253 e. The molecule has 0 saturated heterocycles. The van der Waals surface area contributed by atoms with Crippen molar-refractivity contribution in [3.05, 3.63) is 87.6 Å². The monoisotopic (exact) mass is 350 g/mol. The zero-order valence-electron chi connectivity index (χ0n) is 14.9. The topological polar surface area (TPSA) is 79.8 Å². The van der Waals surface area contributed by atoms with Gasteiger partial charge in [0.05, 0.1) is 12.1 Å². The summed E-state index contributed by atoms with van der Waals surface area (Å²) >= 11 is 0. The molecule has 0 aliphatic heterocycles. The van der Waals surface area contributed by atoms with Crippen LogP contribution < -0.4 is 10.9 Å². The maximum Gasteiger partial charge on any atom is 0.253 e. The molecule has 6 nitrogen and oxygen atoms in total. The minimum Gasteiger partial charge on any atom is -0.348 e. The Hall–Kier alpha value is -3.15. The lowest BCUT2D eigenvalue weighted by Crippen LogP contribution is -2.26. The number of hydrogen-bond donors (Lipinski definition) is 2. The summed E-state index contributed by atoms with van der Waals surface area (Å²) in [5.41, 5.74) is 3.09. The van der Waals surface area contributed by atoms with Gasteiger partial charge in [-0.3, -0.25) is 14.3 Å². The first-order valence-electron chi connectivity index (χ1n) is 8.60. The van der Waals surface area contributed by atoms with Crippen molar-refractivity contribution >= 4 is 5.91 Å². The van der Waals surface area contributed by atoms with Crippen molar-refractivity contribution in [1.29, 1.82) is 0 Å². The summed E-state index contributed by atoms with van der Waals surface area (Å²) in [6.07, 6.45) is 3.65. The van der Waals surface area contributed by atoms with Crippen LogP contribution in [0.3, 0.4) is 0 Å². The Kier molecular flexibility index (Phi) is 5.31. The number of rotatable bonds is 6. The molecule has 0 spiro atoms. The molecule has 0 saturated carbocycles. The number of pyridine rings is 1. The summed E-state index contributed by atoms with van der Waals surface area (Å²) in [6.45, 7) is 4.95. The summed E-state index contributed by atoms with van der Waals surface area (Å²) in [4.78, 5) is 26.9. The molecule has 2 heterocycles. The van der Waals surface area contributed by atoms with E-state index in [0.29, 0.717) is 24.3 Å². The molecule has 134 valence electrons. The van der Waals surface area contributed by atoms with E-state index in [1.54, 1.807) is 12.3 Å². The highest BCUT2D eigenvalue weighted by Gasteiger charge is 2.15. The van der Waals surface area contributed by atoms with Crippen LogP contribution in [-0.2, 0) is 13.1 Å². The molecular formula is C20H22N4O2. The Morgan fingerprint density at radius 3 is 2.62 bits per heavy atom. The van der Waals surface area contributed by atoms with Gasteiger partial charge in [0.15, 0.2) is 0 Å². The highest BCUT2D eigenvalue weighted by molar-refractivity contribution is 5.95. The van der Waals surface area contributed by atoms with Crippen molar-refractivity contribution in [3.8, 4) is 0 Å². The Bertz CT molecular complexity index is 942. The lowest BCUT2D eigenvalue weighted by atomic mass is 10.0. The molecule has 1 aromatic carbocycles. The Morgan fingerprint density at radius 2 is 1.92 bits per heavy atom. The minimum atomic E-state index is -0.199. The molecule has 0 fully saturated rings. The molecule has 0 radical (unpaired) electrons. The molecule has 0 aliphatic rings. The molecular weight excluding hydrogens is 328 g/mol. The third-order valence-electron chi connectivity index (χ3n) is 4.22. The van der Waals surface area contributed by atoms with Crippen molar-refractivity contribution < 1.29 is 4.79 Å². The molecule has 6 heteroatoms. The van der Waals surface area contributed by atoms with E-state index in [1.165, 1.54) is 6.07 Å². The zero-order valence-corrected chi connectivity index (χ0v) is 14.9. The number of aromatic nitrogens is 3. The molecule has 3 rings (SSSR count). The van der Waals surface area contributed by atoms with Gasteiger partial charge in [-0.2, -0.15) is 5.10 Å². The van der Waals surface area contributed by atoms with Gasteiger partial charge >= 0.3 is 0 Å². The second-order valence-corrected chi connectivity index (χ2v) is 6.46. The van der Waals surface area contributed by atoms with Crippen LogP contribution in [-0.4, -0.2) is 20.7 Å². The Labute approximate surface area is 151 Å². The van der Waals surface area contributed by atoms with E-state index in [1.807, 2.05) is 55.1 Å². The molecule has 0 unspecified atom stereocenters. The van der Waals surface area contributed by atoms with Crippen molar-refractivity contribution in [2.45, 2.75) is 32.9 Å². The van der Waals surface area contributed by atoms with Gasteiger partial charge in [-0.15, -0.1) is 0 Å². The van der Waals surface area contributed by atoms with Gasteiger partial charge in [0.2, 0.25) is 5.56 Å². The molecule has 0 bridgehead atoms. The van der Waals surface area contributed by atoms with Gasteiger partial charge in [-0.05, 0) is 29.2 Å². The van der Waals surface area contributed by atoms with E-state index in [9.17, 15) is 9.59 Å². The van der Waals surface area contributed by atoms with Crippen LogP contribution in [0.15, 0.2) is 59.7 Å². The SMILES string of the molecule is CC(C)c1[nH]c(=O)ccc1C(=O)NCc1ccccc1Cn1cccn1. The summed E-state index contributed by atoms with van der Waals surface area (Å²) in [7, 11) is 0. The number of nitrogens with one attached hydrogen (secondary N) is 2. The first-order valence-corrected chi connectivity index (χ1v) is 8.60. The third kappa shape index (κ3) is 4.08. The van der Waals surface area contributed by atoms with Crippen molar-refractivity contribution in [2.24, 2.45) is 0 Å². The number of carbonyl (C=O) groups is 1. The third-order valence-corrected chi connectivity index (χ3v) is 4.22. The molecule has 0 aliphatic carbocycles. The average molecular weight is 350 g/mol. The molecule has 2 N–H and O–H groups in total. The number of aromatic amines is 1. The van der Waals surface area contributed by atoms with Crippen LogP contribution >= 0.6 is 0 Å². The van der Waals surface area contributed by atoms with Crippen molar-refractivity contribution in [1.82, 2.24) is 20.1 Å². The minimum absolute atomic E-state index is 0.0525. The molecule has 1 amide bonds. The summed E-state index contributed by atoms with van der Waals surface area (Å²) in [6, 6.07) is 12.8. The second-order valence-electron chi connectivity index (χ2n) is 6.46. The van der Waals surface area contributed by atoms with E-state index < -0.39 is 0 Å². The molecule has 26 heavy (non-hydrogen) atoms. The van der Waals surface area contributed by atoms with Crippen LogP contribution in [0.1, 0.15) is 46.9 Å². The van der Waals surface area contributed by atoms with E-state index >= 15 is 0 Å². The number of H-pyrrole nitrogens is 1. The van der Waals surface area contributed by atoms with Gasteiger partial charge in [0.1, 0.15) is 0 Å². The Morgan fingerprint density at radius 1 is 1.15 bits per heavy atom. The van der Waals surface area contributed by atoms with Crippen LogP contribution in [0, 0.1) is 0 Å². The largest absolute Gasteiger partial charge is 0.348 e. The maximum atomic E-state index is 12.6. The quantitative estimate of drug-likeness (QED) is 0.717. The zero-order chi connectivity index (χ0) is 18.5. The average Bonchev–Trinajstić information content (AvgIpc) is 3.13. The summed E-state index contributed by atoms with van der Waals surface area (Å²) in [5, 5.41) is 7.19. The number of hydrogen-bond acceptors (Lipinski definition) is 3. The van der Waals surface area contributed by atoms with Gasteiger partial charge < -0.3 is 10.3 Å². The normalized spacial score (nSPS) is 10.9. The predicted molar refractivity (Wildman–Crippen MR) is 100 cm³/mol. The second kappa shape index (κ2) is 7.82. The van der Waals surface area contributed by atoms with Crippen molar-refractivity contribution in [3.63, 3.8) is 0 Å². The van der Waals surface area contributed by atoms with E-state index in [2.05, 4.69) is 15.4 Å². The highest BCUT2D eigenvalue weighted by Crippen LogP contribution is 2.16.